The summed E-state index contributed by atoms with van der Waals surface area (Å²) in [5.74, 6) is 0.230. The summed E-state index contributed by atoms with van der Waals surface area (Å²) < 4.78 is 0. The van der Waals surface area contributed by atoms with E-state index in [-0.39, 0.29) is 17.9 Å². The number of piperidine rings is 1. The van der Waals surface area contributed by atoms with Crippen LogP contribution in [0, 0.1) is 0 Å². The van der Waals surface area contributed by atoms with Gasteiger partial charge in [0, 0.05) is 25.2 Å². The van der Waals surface area contributed by atoms with Crippen molar-refractivity contribution in [2.45, 2.75) is 37.8 Å². The second-order valence-corrected chi connectivity index (χ2v) is 5.03. The van der Waals surface area contributed by atoms with E-state index in [1.165, 1.54) is 0 Å². The number of likely N-dealkylation sites (tertiary alicyclic amines) is 1. The molecule has 2 fully saturated rings. The number of nitrogens with zero attached hydrogens (tertiary/aromatic N) is 2. The van der Waals surface area contributed by atoms with Crippen LogP contribution in [0.2, 0.25) is 0 Å². The highest BCUT2D eigenvalue weighted by molar-refractivity contribution is 5.81. The van der Waals surface area contributed by atoms with Gasteiger partial charge in [-0.1, -0.05) is 5.16 Å². The number of amidine groups is 1. The number of oxime groups is 1. The molecular weight excluding hydrogens is 234 g/mol. The van der Waals surface area contributed by atoms with Crippen LogP contribution in [0.1, 0.15) is 25.7 Å². The lowest BCUT2D eigenvalue weighted by molar-refractivity contribution is 0.205. The highest BCUT2D eigenvalue weighted by Crippen LogP contribution is 2.18. The van der Waals surface area contributed by atoms with Crippen LogP contribution >= 0.6 is 0 Å². The lowest BCUT2D eigenvalue weighted by Gasteiger charge is -2.31. The maximum absolute atomic E-state index is 11.6. The van der Waals surface area contributed by atoms with E-state index in [1.807, 2.05) is 0 Å². The highest BCUT2D eigenvalue weighted by atomic mass is 16.4. The van der Waals surface area contributed by atoms with Gasteiger partial charge in [-0.25, -0.2) is 4.79 Å². The summed E-state index contributed by atoms with van der Waals surface area (Å²) in [5, 5.41) is 17.4. The number of nitrogens with one attached hydrogen (secondary N) is 2. The van der Waals surface area contributed by atoms with Crippen molar-refractivity contribution in [3.05, 3.63) is 0 Å². The molecule has 7 nitrogen and oxygen atoms in total. The first-order chi connectivity index (χ1) is 8.67. The van der Waals surface area contributed by atoms with Crippen molar-refractivity contribution in [2.24, 2.45) is 10.9 Å². The molecule has 18 heavy (non-hydrogen) atoms. The van der Waals surface area contributed by atoms with Gasteiger partial charge in [0.15, 0.2) is 5.84 Å². The second kappa shape index (κ2) is 5.90. The second-order valence-electron chi connectivity index (χ2n) is 5.03. The zero-order valence-electron chi connectivity index (χ0n) is 10.4. The summed E-state index contributed by atoms with van der Waals surface area (Å²) in [6.07, 6.45) is 4.00. The van der Waals surface area contributed by atoms with E-state index in [1.54, 1.807) is 0 Å². The predicted molar refractivity (Wildman–Crippen MR) is 67.6 cm³/mol. The Labute approximate surface area is 106 Å². The lowest BCUT2D eigenvalue weighted by Crippen LogP contribution is -2.49. The molecular formula is C11H21N5O2. The molecule has 0 radical (unpaired) electrons. The third-order valence-corrected chi connectivity index (χ3v) is 3.35. The average molecular weight is 255 g/mol. The zero-order chi connectivity index (χ0) is 13.0. The monoisotopic (exact) mass is 255 g/mol. The van der Waals surface area contributed by atoms with Gasteiger partial charge in [0.2, 0.25) is 0 Å². The summed E-state index contributed by atoms with van der Waals surface area (Å²) in [7, 11) is 0. The molecule has 1 saturated heterocycles. The Morgan fingerprint density at radius 3 is 2.28 bits per heavy atom. The van der Waals surface area contributed by atoms with Gasteiger partial charge in [-0.05, 0) is 25.7 Å². The first-order valence-electron chi connectivity index (χ1n) is 6.43. The van der Waals surface area contributed by atoms with E-state index in [2.05, 4.69) is 20.7 Å². The normalized spacial score (nSPS) is 22.8. The van der Waals surface area contributed by atoms with Gasteiger partial charge in [-0.3, -0.25) is 4.90 Å². The third kappa shape index (κ3) is 4.06. The average Bonchev–Trinajstić information content (AvgIpc) is 3.15. The van der Waals surface area contributed by atoms with E-state index >= 15 is 0 Å². The Hall–Kier alpha value is -1.50. The fraction of sp³-hybridized carbons (Fsp3) is 0.818. The van der Waals surface area contributed by atoms with Crippen molar-refractivity contribution in [2.75, 3.05) is 19.6 Å². The molecule has 1 heterocycles. The number of carbonyl (C=O) groups is 1. The fourth-order valence-corrected chi connectivity index (χ4v) is 2.14. The van der Waals surface area contributed by atoms with Crippen molar-refractivity contribution < 1.29 is 10.0 Å². The van der Waals surface area contributed by atoms with Crippen molar-refractivity contribution in [1.82, 2.24) is 15.5 Å². The van der Waals surface area contributed by atoms with Gasteiger partial charge in [0.1, 0.15) is 0 Å². The molecule has 2 aliphatic rings. The molecule has 0 spiro atoms. The van der Waals surface area contributed by atoms with Gasteiger partial charge in [-0.2, -0.15) is 0 Å². The van der Waals surface area contributed by atoms with Gasteiger partial charge < -0.3 is 21.6 Å². The van der Waals surface area contributed by atoms with E-state index < -0.39 is 0 Å². The van der Waals surface area contributed by atoms with Gasteiger partial charge in [-0.15, -0.1) is 0 Å². The number of rotatable bonds is 4. The van der Waals surface area contributed by atoms with Crippen LogP contribution in [0.15, 0.2) is 5.16 Å². The molecule has 7 heteroatoms. The number of hydrogen-bond donors (Lipinski definition) is 4. The molecule has 5 N–H and O–H groups in total. The Bertz CT molecular complexity index is 321. The number of nitrogens with two attached hydrogens (primary N) is 1. The van der Waals surface area contributed by atoms with Crippen LogP contribution in [-0.2, 0) is 0 Å². The standard InChI is InChI=1S/C11H21N5O2/c12-10(15-18)7-16-5-3-9(4-6-16)14-11(17)13-8-1-2-8/h8-9,18H,1-7H2,(H2,12,15)(H2,13,14,17). The first kappa shape index (κ1) is 12.9. The minimum atomic E-state index is -0.0487. The summed E-state index contributed by atoms with van der Waals surface area (Å²) in [6.45, 7) is 2.19. The maximum atomic E-state index is 11.6. The molecule has 2 rings (SSSR count). The van der Waals surface area contributed by atoms with E-state index in [9.17, 15) is 4.79 Å². The smallest absolute Gasteiger partial charge is 0.315 e. The molecule has 0 unspecified atom stereocenters. The number of urea groups is 1. The summed E-state index contributed by atoms with van der Waals surface area (Å²) in [5.41, 5.74) is 5.46. The van der Waals surface area contributed by atoms with Crippen LogP contribution in [0.4, 0.5) is 4.79 Å². The molecule has 0 aromatic carbocycles. The van der Waals surface area contributed by atoms with Crippen LogP contribution in [0.25, 0.3) is 0 Å². The van der Waals surface area contributed by atoms with Crippen LogP contribution < -0.4 is 16.4 Å². The third-order valence-electron chi connectivity index (χ3n) is 3.35. The molecule has 2 amide bonds. The van der Waals surface area contributed by atoms with Crippen molar-refractivity contribution in [3.63, 3.8) is 0 Å². The summed E-state index contributed by atoms with van der Waals surface area (Å²) >= 11 is 0. The van der Waals surface area contributed by atoms with E-state index in [0.29, 0.717) is 12.6 Å². The van der Waals surface area contributed by atoms with Crippen LogP contribution in [-0.4, -0.2) is 53.7 Å². The minimum Gasteiger partial charge on any atom is -0.409 e. The Morgan fingerprint density at radius 1 is 1.22 bits per heavy atom. The fourth-order valence-electron chi connectivity index (χ4n) is 2.14. The zero-order valence-corrected chi connectivity index (χ0v) is 10.4. The van der Waals surface area contributed by atoms with Crippen LogP contribution in [0.3, 0.4) is 0 Å². The van der Waals surface area contributed by atoms with Gasteiger partial charge in [0.25, 0.3) is 0 Å². The topological polar surface area (TPSA) is 103 Å². The Balaban J connectivity index is 1.64. The minimum absolute atomic E-state index is 0.0487. The molecule has 1 aliphatic carbocycles. The Morgan fingerprint density at radius 2 is 1.78 bits per heavy atom. The molecule has 0 aromatic heterocycles. The number of carbonyl (C=O) groups excluding carboxylic acids is 1. The molecule has 1 saturated carbocycles. The quantitative estimate of drug-likeness (QED) is 0.239. The van der Waals surface area contributed by atoms with Crippen LogP contribution in [0.5, 0.6) is 0 Å². The Kier molecular flexibility index (Phi) is 4.24. The SMILES string of the molecule is NC(CN1CCC(NC(=O)NC2CC2)CC1)=NO. The van der Waals surface area contributed by atoms with Crippen molar-refractivity contribution >= 4 is 11.9 Å². The molecule has 0 atom stereocenters. The van der Waals surface area contributed by atoms with Crippen molar-refractivity contribution in [3.8, 4) is 0 Å². The lowest BCUT2D eigenvalue weighted by atomic mass is 10.1. The predicted octanol–water partition coefficient (Wildman–Crippen LogP) is -0.341. The van der Waals surface area contributed by atoms with Gasteiger partial charge >= 0.3 is 6.03 Å². The highest BCUT2D eigenvalue weighted by Gasteiger charge is 2.25. The van der Waals surface area contributed by atoms with Gasteiger partial charge in [0.05, 0.1) is 6.54 Å². The molecule has 0 bridgehead atoms. The number of hydrogen-bond acceptors (Lipinski definition) is 4. The summed E-state index contributed by atoms with van der Waals surface area (Å²) in [4.78, 5) is 13.7. The number of amides is 2. The van der Waals surface area contributed by atoms with Crippen molar-refractivity contribution in [1.29, 1.82) is 0 Å². The first-order valence-corrected chi connectivity index (χ1v) is 6.43. The summed E-state index contributed by atoms with van der Waals surface area (Å²) in [6, 6.07) is 0.574. The molecule has 0 aromatic rings. The van der Waals surface area contributed by atoms with E-state index in [0.717, 1.165) is 38.8 Å². The largest absolute Gasteiger partial charge is 0.409 e. The molecule has 1 aliphatic heterocycles. The molecule has 102 valence electrons. The van der Waals surface area contributed by atoms with E-state index in [4.69, 9.17) is 10.9 Å². The maximum Gasteiger partial charge on any atom is 0.315 e.